The molecule has 0 aromatic heterocycles. The first-order valence-electron chi connectivity index (χ1n) is 5.96. The molecule has 1 aliphatic rings. The van der Waals surface area contributed by atoms with Gasteiger partial charge in [-0.2, -0.15) is 0 Å². The fourth-order valence-electron chi connectivity index (χ4n) is 2.26. The molecule has 0 saturated carbocycles. The summed E-state index contributed by atoms with van der Waals surface area (Å²) in [4.78, 5) is 2.56. The Bertz CT molecular complexity index is 168. The molecule has 2 nitrogen and oxygen atoms in total. The summed E-state index contributed by atoms with van der Waals surface area (Å²) in [7, 11) is 0. The SMILES string of the molecule is CCCCN1CC(CO)CCC1(C)C. The number of nitrogens with zero attached hydrogens (tertiary/aromatic N) is 1. The average molecular weight is 199 g/mol. The summed E-state index contributed by atoms with van der Waals surface area (Å²) in [5.74, 6) is 0.514. The quantitative estimate of drug-likeness (QED) is 0.751. The number of rotatable bonds is 4. The summed E-state index contributed by atoms with van der Waals surface area (Å²) in [6.45, 7) is 9.54. The van der Waals surface area contributed by atoms with Crippen molar-refractivity contribution < 1.29 is 5.11 Å². The lowest BCUT2D eigenvalue weighted by Gasteiger charge is -2.45. The molecular weight excluding hydrogens is 174 g/mol. The molecule has 0 aromatic rings. The van der Waals surface area contributed by atoms with Gasteiger partial charge >= 0.3 is 0 Å². The number of aliphatic hydroxyl groups is 1. The molecular formula is C12H25NO. The molecule has 1 atom stereocenters. The van der Waals surface area contributed by atoms with Gasteiger partial charge in [-0.3, -0.25) is 4.90 Å². The second kappa shape index (κ2) is 5.13. The topological polar surface area (TPSA) is 23.5 Å². The molecule has 84 valence electrons. The third-order valence-electron chi connectivity index (χ3n) is 3.54. The molecule has 1 unspecified atom stereocenters. The largest absolute Gasteiger partial charge is 0.396 e. The lowest BCUT2D eigenvalue weighted by Crippen LogP contribution is -2.51. The highest BCUT2D eigenvalue weighted by atomic mass is 16.3. The Morgan fingerprint density at radius 1 is 1.43 bits per heavy atom. The van der Waals surface area contributed by atoms with E-state index in [9.17, 15) is 5.11 Å². The van der Waals surface area contributed by atoms with Crippen LogP contribution in [0.1, 0.15) is 46.5 Å². The van der Waals surface area contributed by atoms with Crippen molar-refractivity contribution in [3.63, 3.8) is 0 Å². The highest BCUT2D eigenvalue weighted by Crippen LogP contribution is 2.30. The van der Waals surface area contributed by atoms with Crippen molar-refractivity contribution in [1.29, 1.82) is 0 Å². The molecule has 1 N–H and O–H groups in total. The van der Waals surface area contributed by atoms with Crippen LogP contribution in [0, 0.1) is 5.92 Å². The molecule has 1 heterocycles. The molecule has 1 saturated heterocycles. The molecule has 14 heavy (non-hydrogen) atoms. The third-order valence-corrected chi connectivity index (χ3v) is 3.54. The van der Waals surface area contributed by atoms with E-state index in [1.54, 1.807) is 0 Å². The molecule has 2 heteroatoms. The summed E-state index contributed by atoms with van der Waals surface area (Å²) >= 11 is 0. The van der Waals surface area contributed by atoms with Crippen molar-refractivity contribution in [2.45, 2.75) is 52.0 Å². The van der Waals surface area contributed by atoms with Gasteiger partial charge in [-0.05, 0) is 45.6 Å². The number of aliphatic hydroxyl groups excluding tert-OH is 1. The Hall–Kier alpha value is -0.0800. The van der Waals surface area contributed by atoms with E-state index < -0.39 is 0 Å². The highest BCUT2D eigenvalue weighted by molar-refractivity contribution is 4.88. The van der Waals surface area contributed by atoms with Gasteiger partial charge in [-0.15, -0.1) is 0 Å². The summed E-state index contributed by atoms with van der Waals surface area (Å²) in [6, 6.07) is 0. The van der Waals surface area contributed by atoms with Crippen LogP contribution in [0.5, 0.6) is 0 Å². The molecule has 0 aromatic carbocycles. The summed E-state index contributed by atoms with van der Waals surface area (Å²) < 4.78 is 0. The van der Waals surface area contributed by atoms with Gasteiger partial charge in [0.25, 0.3) is 0 Å². The van der Waals surface area contributed by atoms with E-state index in [-0.39, 0.29) is 0 Å². The molecule has 0 bridgehead atoms. The van der Waals surface area contributed by atoms with E-state index in [0.717, 1.165) is 6.54 Å². The number of hydrogen-bond donors (Lipinski definition) is 1. The summed E-state index contributed by atoms with van der Waals surface area (Å²) in [5.41, 5.74) is 0.348. The van der Waals surface area contributed by atoms with Crippen molar-refractivity contribution >= 4 is 0 Å². The Labute approximate surface area is 88.3 Å². The van der Waals surface area contributed by atoms with Gasteiger partial charge < -0.3 is 5.11 Å². The van der Waals surface area contributed by atoms with Crippen LogP contribution in [0.3, 0.4) is 0 Å². The smallest absolute Gasteiger partial charge is 0.0471 e. The normalized spacial score (nSPS) is 27.9. The summed E-state index contributed by atoms with van der Waals surface area (Å²) in [5, 5.41) is 9.18. The van der Waals surface area contributed by atoms with Crippen LogP contribution in [0.15, 0.2) is 0 Å². The minimum Gasteiger partial charge on any atom is -0.396 e. The highest BCUT2D eigenvalue weighted by Gasteiger charge is 2.33. The van der Waals surface area contributed by atoms with E-state index in [0.29, 0.717) is 18.1 Å². The van der Waals surface area contributed by atoms with Gasteiger partial charge in [0, 0.05) is 18.7 Å². The standard InChI is InChI=1S/C12H25NO/c1-4-5-8-13-9-11(10-14)6-7-12(13,2)3/h11,14H,4-10H2,1-3H3. The Balaban J connectivity index is 2.48. The van der Waals surface area contributed by atoms with E-state index in [1.165, 1.54) is 32.2 Å². The first-order valence-corrected chi connectivity index (χ1v) is 5.96. The molecule has 0 amide bonds. The van der Waals surface area contributed by atoms with Crippen molar-refractivity contribution in [2.75, 3.05) is 19.7 Å². The minimum absolute atomic E-state index is 0.348. The van der Waals surface area contributed by atoms with Gasteiger partial charge in [-0.25, -0.2) is 0 Å². The second-order valence-corrected chi connectivity index (χ2v) is 5.20. The maximum atomic E-state index is 9.18. The van der Waals surface area contributed by atoms with E-state index >= 15 is 0 Å². The Kier molecular flexibility index (Phi) is 4.39. The van der Waals surface area contributed by atoms with Gasteiger partial charge in [0.2, 0.25) is 0 Å². The zero-order valence-electron chi connectivity index (χ0n) is 9.92. The van der Waals surface area contributed by atoms with Crippen molar-refractivity contribution in [3.8, 4) is 0 Å². The van der Waals surface area contributed by atoms with Gasteiger partial charge in [0.05, 0.1) is 0 Å². The fraction of sp³-hybridized carbons (Fsp3) is 1.00. The fourth-order valence-corrected chi connectivity index (χ4v) is 2.26. The first kappa shape index (κ1) is 12.0. The van der Waals surface area contributed by atoms with Crippen LogP contribution in [-0.4, -0.2) is 35.2 Å². The predicted octanol–water partition coefficient (Wildman–Crippen LogP) is 2.27. The van der Waals surface area contributed by atoms with Crippen molar-refractivity contribution in [3.05, 3.63) is 0 Å². The maximum Gasteiger partial charge on any atom is 0.0471 e. The van der Waals surface area contributed by atoms with Crippen LogP contribution in [0.25, 0.3) is 0 Å². The molecule has 0 radical (unpaired) electrons. The van der Waals surface area contributed by atoms with E-state index in [2.05, 4.69) is 25.7 Å². The lowest BCUT2D eigenvalue weighted by molar-refractivity contribution is 0.0252. The van der Waals surface area contributed by atoms with E-state index in [1.807, 2.05) is 0 Å². The predicted molar refractivity (Wildman–Crippen MR) is 60.4 cm³/mol. The van der Waals surface area contributed by atoms with Gasteiger partial charge in [0.15, 0.2) is 0 Å². The summed E-state index contributed by atoms with van der Waals surface area (Å²) in [6.07, 6.45) is 4.95. The van der Waals surface area contributed by atoms with Crippen LogP contribution in [-0.2, 0) is 0 Å². The van der Waals surface area contributed by atoms with Crippen LogP contribution < -0.4 is 0 Å². The zero-order valence-corrected chi connectivity index (χ0v) is 9.92. The monoisotopic (exact) mass is 199 g/mol. The first-order chi connectivity index (χ1) is 6.60. The van der Waals surface area contributed by atoms with Gasteiger partial charge in [0.1, 0.15) is 0 Å². The van der Waals surface area contributed by atoms with Crippen molar-refractivity contribution in [2.24, 2.45) is 5.92 Å². The van der Waals surface area contributed by atoms with Gasteiger partial charge in [-0.1, -0.05) is 13.3 Å². The lowest BCUT2D eigenvalue weighted by atomic mass is 9.85. The molecule has 0 spiro atoms. The van der Waals surface area contributed by atoms with E-state index in [4.69, 9.17) is 0 Å². The molecule has 1 fully saturated rings. The maximum absolute atomic E-state index is 9.18. The number of likely N-dealkylation sites (tertiary alicyclic amines) is 1. The zero-order chi connectivity index (χ0) is 10.6. The number of piperidine rings is 1. The number of hydrogen-bond acceptors (Lipinski definition) is 2. The average Bonchev–Trinajstić information content (AvgIpc) is 2.16. The van der Waals surface area contributed by atoms with Crippen molar-refractivity contribution in [1.82, 2.24) is 4.90 Å². The van der Waals surface area contributed by atoms with Crippen LogP contribution >= 0.6 is 0 Å². The molecule has 1 aliphatic heterocycles. The number of unbranched alkanes of at least 4 members (excludes halogenated alkanes) is 1. The molecule has 1 rings (SSSR count). The van der Waals surface area contributed by atoms with Crippen LogP contribution in [0.2, 0.25) is 0 Å². The second-order valence-electron chi connectivity index (χ2n) is 5.20. The van der Waals surface area contributed by atoms with Crippen LogP contribution in [0.4, 0.5) is 0 Å². The Morgan fingerprint density at radius 3 is 2.71 bits per heavy atom. The minimum atomic E-state index is 0.348. The molecule has 0 aliphatic carbocycles. The Morgan fingerprint density at radius 2 is 2.14 bits per heavy atom. The third kappa shape index (κ3) is 2.96.